The zero-order chi connectivity index (χ0) is 19.8. The fraction of sp³-hybridized carbons (Fsp3) is 0.455. The average molecular weight is 369 g/mol. The molecular weight excluding hydrogens is 342 g/mol. The zero-order valence-corrected chi connectivity index (χ0v) is 16.6. The van der Waals surface area contributed by atoms with Crippen molar-refractivity contribution in [2.24, 2.45) is 5.41 Å². The maximum absolute atomic E-state index is 12.8. The van der Waals surface area contributed by atoms with Crippen molar-refractivity contribution in [1.82, 2.24) is 5.32 Å². The minimum atomic E-state index is -0.304. The van der Waals surface area contributed by atoms with Crippen LogP contribution in [-0.4, -0.2) is 18.3 Å². The number of Topliss-reactive ketones (excluding diaryl/α,β-unsaturated/α-hetero) is 1. The van der Waals surface area contributed by atoms with Gasteiger partial charge in [-0.1, -0.05) is 26.0 Å². The Morgan fingerprint density at radius 3 is 2.78 bits per heavy atom. The number of nitrogens with one attached hydrogen (secondary N) is 1. The molecule has 5 nitrogen and oxygen atoms in total. The molecule has 144 valence electrons. The summed E-state index contributed by atoms with van der Waals surface area (Å²) in [5.74, 6) is 1.39. The summed E-state index contributed by atoms with van der Waals surface area (Å²) in [5.41, 5.74) is 2.03. The largest absolute Gasteiger partial charge is 0.494 e. The molecule has 3 rings (SSSR count). The lowest BCUT2D eigenvalue weighted by Crippen LogP contribution is -2.27. The molecule has 1 aromatic heterocycles. The van der Waals surface area contributed by atoms with Crippen LogP contribution in [0.5, 0.6) is 5.75 Å². The van der Waals surface area contributed by atoms with Crippen molar-refractivity contribution in [2.75, 3.05) is 6.61 Å². The third-order valence-electron chi connectivity index (χ3n) is 5.00. The van der Waals surface area contributed by atoms with Gasteiger partial charge in [0.1, 0.15) is 11.5 Å². The lowest BCUT2D eigenvalue weighted by molar-refractivity contribution is 0.0883. The van der Waals surface area contributed by atoms with E-state index in [1.165, 1.54) is 0 Å². The van der Waals surface area contributed by atoms with Gasteiger partial charge in [0, 0.05) is 18.4 Å². The number of ketones is 1. The highest BCUT2D eigenvalue weighted by Crippen LogP contribution is 2.38. The van der Waals surface area contributed by atoms with E-state index < -0.39 is 0 Å². The predicted molar refractivity (Wildman–Crippen MR) is 103 cm³/mol. The van der Waals surface area contributed by atoms with Gasteiger partial charge >= 0.3 is 0 Å². The van der Waals surface area contributed by atoms with Crippen LogP contribution in [0.25, 0.3) is 0 Å². The van der Waals surface area contributed by atoms with E-state index in [0.29, 0.717) is 36.3 Å². The fourth-order valence-electron chi connectivity index (χ4n) is 3.69. The van der Waals surface area contributed by atoms with Crippen LogP contribution < -0.4 is 10.1 Å². The molecule has 1 amide bonds. The van der Waals surface area contributed by atoms with Crippen LogP contribution in [0.1, 0.15) is 78.0 Å². The van der Waals surface area contributed by atoms with E-state index >= 15 is 0 Å². The maximum Gasteiger partial charge on any atom is 0.287 e. The third-order valence-corrected chi connectivity index (χ3v) is 5.00. The van der Waals surface area contributed by atoms with E-state index in [1.54, 1.807) is 6.92 Å². The SMILES string of the molecule is CCOc1cccc(C(C)NC(=O)c2oc3c(c2C)C(=O)CC(C)(C)C3)c1. The number of furan rings is 1. The van der Waals surface area contributed by atoms with Gasteiger partial charge in [-0.25, -0.2) is 0 Å². The normalized spacial score (nSPS) is 16.6. The molecule has 0 radical (unpaired) electrons. The van der Waals surface area contributed by atoms with E-state index in [-0.39, 0.29) is 28.9 Å². The number of amides is 1. The smallest absolute Gasteiger partial charge is 0.287 e. The lowest BCUT2D eigenvalue weighted by Gasteiger charge is -2.27. The topological polar surface area (TPSA) is 68.5 Å². The summed E-state index contributed by atoms with van der Waals surface area (Å²) in [5, 5.41) is 2.97. The maximum atomic E-state index is 12.8. The van der Waals surface area contributed by atoms with E-state index in [4.69, 9.17) is 9.15 Å². The Balaban J connectivity index is 1.81. The third kappa shape index (κ3) is 3.92. The minimum Gasteiger partial charge on any atom is -0.494 e. The molecule has 5 heteroatoms. The second kappa shape index (κ2) is 7.22. The number of fused-ring (bicyclic) bond motifs is 1. The van der Waals surface area contributed by atoms with Gasteiger partial charge in [-0.15, -0.1) is 0 Å². The Labute approximate surface area is 160 Å². The molecule has 0 fully saturated rings. The van der Waals surface area contributed by atoms with Gasteiger partial charge in [-0.05, 0) is 43.9 Å². The van der Waals surface area contributed by atoms with Gasteiger partial charge < -0.3 is 14.5 Å². The molecule has 1 atom stereocenters. The van der Waals surface area contributed by atoms with Gasteiger partial charge in [0.2, 0.25) is 0 Å². The monoisotopic (exact) mass is 369 g/mol. The molecule has 27 heavy (non-hydrogen) atoms. The highest BCUT2D eigenvalue weighted by molar-refractivity contribution is 6.03. The molecule has 2 aromatic rings. The summed E-state index contributed by atoms with van der Waals surface area (Å²) in [6.07, 6.45) is 1.14. The van der Waals surface area contributed by atoms with Crippen molar-refractivity contribution >= 4 is 11.7 Å². The second-order valence-corrected chi connectivity index (χ2v) is 8.00. The van der Waals surface area contributed by atoms with Crippen LogP contribution in [0.3, 0.4) is 0 Å². The van der Waals surface area contributed by atoms with Crippen LogP contribution in [0, 0.1) is 12.3 Å². The summed E-state index contributed by atoms with van der Waals surface area (Å²) < 4.78 is 11.4. The van der Waals surface area contributed by atoms with Gasteiger partial charge in [-0.2, -0.15) is 0 Å². The van der Waals surface area contributed by atoms with Crippen molar-refractivity contribution in [1.29, 1.82) is 0 Å². The number of carbonyl (C=O) groups excluding carboxylic acids is 2. The van der Waals surface area contributed by atoms with Crippen molar-refractivity contribution in [3.8, 4) is 5.75 Å². The van der Waals surface area contributed by atoms with E-state index in [9.17, 15) is 9.59 Å². The van der Waals surface area contributed by atoms with Crippen molar-refractivity contribution in [3.63, 3.8) is 0 Å². The Morgan fingerprint density at radius 2 is 2.07 bits per heavy atom. The summed E-state index contributed by atoms with van der Waals surface area (Å²) in [4.78, 5) is 25.3. The van der Waals surface area contributed by atoms with Crippen LogP contribution in [0.2, 0.25) is 0 Å². The number of carbonyl (C=O) groups is 2. The second-order valence-electron chi connectivity index (χ2n) is 8.00. The average Bonchev–Trinajstić information content (AvgIpc) is 2.90. The first-order valence-electron chi connectivity index (χ1n) is 9.41. The van der Waals surface area contributed by atoms with Crippen LogP contribution in [0.4, 0.5) is 0 Å². The van der Waals surface area contributed by atoms with Gasteiger partial charge in [-0.3, -0.25) is 9.59 Å². The van der Waals surface area contributed by atoms with Crippen molar-refractivity contribution < 1.29 is 18.7 Å². The molecule has 1 N–H and O–H groups in total. The first-order chi connectivity index (χ1) is 12.7. The first kappa shape index (κ1) is 19.2. The van der Waals surface area contributed by atoms with E-state index in [2.05, 4.69) is 5.32 Å². The molecule has 1 aliphatic rings. The van der Waals surface area contributed by atoms with Crippen LogP contribution in [0.15, 0.2) is 28.7 Å². The Bertz CT molecular complexity index is 878. The molecule has 0 saturated heterocycles. The van der Waals surface area contributed by atoms with Crippen molar-refractivity contribution in [2.45, 2.75) is 53.5 Å². The molecule has 1 unspecified atom stereocenters. The quantitative estimate of drug-likeness (QED) is 0.834. The summed E-state index contributed by atoms with van der Waals surface area (Å²) in [6.45, 7) is 10.3. The van der Waals surface area contributed by atoms with Crippen molar-refractivity contribution in [3.05, 3.63) is 52.5 Å². The molecule has 0 aliphatic heterocycles. The minimum absolute atomic E-state index is 0.0546. The van der Waals surface area contributed by atoms with Gasteiger partial charge in [0.25, 0.3) is 5.91 Å². The number of hydrogen-bond donors (Lipinski definition) is 1. The Morgan fingerprint density at radius 1 is 1.33 bits per heavy atom. The molecule has 0 bridgehead atoms. The molecule has 1 aromatic carbocycles. The Hall–Kier alpha value is -2.56. The number of ether oxygens (including phenoxy) is 1. The molecule has 1 heterocycles. The highest BCUT2D eigenvalue weighted by atomic mass is 16.5. The van der Waals surface area contributed by atoms with Crippen LogP contribution >= 0.6 is 0 Å². The van der Waals surface area contributed by atoms with Gasteiger partial charge in [0.05, 0.1) is 18.2 Å². The summed E-state index contributed by atoms with van der Waals surface area (Å²) in [7, 11) is 0. The van der Waals surface area contributed by atoms with E-state index in [0.717, 1.165) is 11.3 Å². The van der Waals surface area contributed by atoms with Gasteiger partial charge in [0.15, 0.2) is 11.5 Å². The highest BCUT2D eigenvalue weighted by Gasteiger charge is 2.37. The number of hydrogen-bond acceptors (Lipinski definition) is 4. The molecule has 1 aliphatic carbocycles. The number of benzene rings is 1. The lowest BCUT2D eigenvalue weighted by atomic mass is 9.76. The fourth-order valence-corrected chi connectivity index (χ4v) is 3.69. The first-order valence-corrected chi connectivity index (χ1v) is 9.41. The standard InChI is InChI=1S/C22H27NO4/c1-6-26-16-9-7-8-15(10-16)14(3)23-21(25)20-13(2)19-17(24)11-22(4,5)12-18(19)27-20/h7-10,14H,6,11-12H2,1-5H3,(H,23,25). The predicted octanol–water partition coefficient (Wildman–Crippen LogP) is 4.63. The molecular formula is C22H27NO4. The number of rotatable bonds is 5. The summed E-state index contributed by atoms with van der Waals surface area (Å²) >= 11 is 0. The molecule has 0 spiro atoms. The van der Waals surface area contributed by atoms with E-state index in [1.807, 2.05) is 52.0 Å². The Kier molecular flexibility index (Phi) is 5.13. The zero-order valence-electron chi connectivity index (χ0n) is 16.6. The molecule has 0 saturated carbocycles. The van der Waals surface area contributed by atoms with Crippen LogP contribution in [-0.2, 0) is 6.42 Å². The summed E-state index contributed by atoms with van der Waals surface area (Å²) in [6, 6.07) is 7.44.